The molecule has 1 atom stereocenters. The molecule has 0 aromatic heterocycles. The van der Waals surface area contributed by atoms with Crippen LogP contribution in [-0.2, 0) is 0 Å². The largest absolute Gasteiger partial charge is 0.0654 e. The quantitative estimate of drug-likeness (QED) is 0.236. The first-order chi connectivity index (χ1) is 10.8. The summed E-state index contributed by atoms with van der Waals surface area (Å²) in [6, 6.07) is 0. The van der Waals surface area contributed by atoms with Crippen molar-refractivity contribution in [3.8, 4) is 0 Å². The SMILES string of the molecule is CCCCCC(CCCC)CC(CCCCC)CCCCC. The average molecular weight is 311 g/mol. The number of hydrogen-bond donors (Lipinski definition) is 0. The topological polar surface area (TPSA) is 0 Å². The molecule has 0 heteroatoms. The summed E-state index contributed by atoms with van der Waals surface area (Å²) >= 11 is 0. The molecule has 0 spiro atoms. The van der Waals surface area contributed by atoms with Gasteiger partial charge in [-0.3, -0.25) is 0 Å². The van der Waals surface area contributed by atoms with Gasteiger partial charge >= 0.3 is 0 Å². The Hall–Kier alpha value is 0. The first-order valence-electron chi connectivity index (χ1n) is 10.8. The molecule has 0 aliphatic rings. The van der Waals surface area contributed by atoms with Crippen molar-refractivity contribution in [2.75, 3.05) is 0 Å². The van der Waals surface area contributed by atoms with E-state index in [0.717, 1.165) is 11.8 Å². The fourth-order valence-electron chi connectivity index (χ4n) is 3.77. The lowest BCUT2D eigenvalue weighted by Crippen LogP contribution is -2.10. The number of rotatable bonds is 17. The van der Waals surface area contributed by atoms with Crippen molar-refractivity contribution in [2.45, 2.75) is 130 Å². The second kappa shape index (κ2) is 17.4. The van der Waals surface area contributed by atoms with Gasteiger partial charge in [0.15, 0.2) is 0 Å². The zero-order valence-electron chi connectivity index (χ0n) is 16.5. The zero-order chi connectivity index (χ0) is 16.5. The van der Waals surface area contributed by atoms with E-state index < -0.39 is 0 Å². The third-order valence-electron chi connectivity index (χ3n) is 5.28. The van der Waals surface area contributed by atoms with Crippen LogP contribution in [0.25, 0.3) is 0 Å². The predicted octanol–water partition coefficient (Wildman–Crippen LogP) is 8.54. The van der Waals surface area contributed by atoms with Crippen LogP contribution in [0.2, 0.25) is 0 Å². The van der Waals surface area contributed by atoms with E-state index in [4.69, 9.17) is 0 Å². The lowest BCUT2D eigenvalue weighted by atomic mass is 9.82. The molecular formula is C22H46. The Bertz CT molecular complexity index is 186. The first-order valence-corrected chi connectivity index (χ1v) is 10.8. The molecule has 0 amide bonds. The third-order valence-corrected chi connectivity index (χ3v) is 5.28. The Morgan fingerprint density at radius 2 is 0.727 bits per heavy atom. The van der Waals surface area contributed by atoms with Crippen LogP contribution in [0.5, 0.6) is 0 Å². The minimum Gasteiger partial charge on any atom is -0.0654 e. The van der Waals surface area contributed by atoms with Gasteiger partial charge in [0.1, 0.15) is 0 Å². The Morgan fingerprint density at radius 1 is 0.409 bits per heavy atom. The maximum atomic E-state index is 2.35. The Kier molecular flexibility index (Phi) is 17.4. The molecule has 1 unspecified atom stereocenters. The smallest absolute Gasteiger partial charge is 0.0412 e. The molecule has 22 heavy (non-hydrogen) atoms. The van der Waals surface area contributed by atoms with Crippen LogP contribution in [0.15, 0.2) is 0 Å². The summed E-state index contributed by atoms with van der Waals surface area (Å²) in [6.45, 7) is 9.35. The molecule has 0 nitrogen and oxygen atoms in total. The first kappa shape index (κ1) is 22.0. The van der Waals surface area contributed by atoms with Gasteiger partial charge in [-0.25, -0.2) is 0 Å². The van der Waals surface area contributed by atoms with E-state index in [-0.39, 0.29) is 0 Å². The molecule has 134 valence electrons. The lowest BCUT2D eigenvalue weighted by Gasteiger charge is -2.24. The Balaban J connectivity index is 4.26. The molecular weight excluding hydrogens is 264 g/mol. The normalized spacial score (nSPS) is 13.0. The maximum Gasteiger partial charge on any atom is -0.0412 e. The number of hydrogen-bond acceptors (Lipinski definition) is 0. The van der Waals surface area contributed by atoms with E-state index in [1.165, 1.54) is 103 Å². The Morgan fingerprint density at radius 3 is 1.05 bits per heavy atom. The van der Waals surface area contributed by atoms with E-state index >= 15 is 0 Å². The zero-order valence-corrected chi connectivity index (χ0v) is 16.5. The van der Waals surface area contributed by atoms with Gasteiger partial charge in [0, 0.05) is 0 Å². The highest BCUT2D eigenvalue weighted by Crippen LogP contribution is 2.30. The molecule has 0 saturated carbocycles. The second-order valence-corrected chi connectivity index (χ2v) is 7.60. The van der Waals surface area contributed by atoms with Gasteiger partial charge in [0.05, 0.1) is 0 Å². The van der Waals surface area contributed by atoms with E-state index in [9.17, 15) is 0 Å². The monoisotopic (exact) mass is 310 g/mol. The van der Waals surface area contributed by atoms with Crippen molar-refractivity contribution in [3.05, 3.63) is 0 Å². The highest BCUT2D eigenvalue weighted by atomic mass is 14.2. The van der Waals surface area contributed by atoms with Crippen LogP contribution < -0.4 is 0 Å². The van der Waals surface area contributed by atoms with E-state index in [1.807, 2.05) is 0 Å². The maximum absolute atomic E-state index is 2.35. The molecule has 0 aliphatic heterocycles. The van der Waals surface area contributed by atoms with Crippen molar-refractivity contribution in [1.82, 2.24) is 0 Å². The summed E-state index contributed by atoms with van der Waals surface area (Å²) in [5, 5.41) is 0. The molecule has 0 radical (unpaired) electrons. The van der Waals surface area contributed by atoms with Crippen LogP contribution in [0.4, 0.5) is 0 Å². The summed E-state index contributed by atoms with van der Waals surface area (Å²) in [5.41, 5.74) is 0. The van der Waals surface area contributed by atoms with Gasteiger partial charge in [-0.15, -0.1) is 0 Å². The highest BCUT2D eigenvalue weighted by Gasteiger charge is 2.16. The molecule has 0 saturated heterocycles. The molecule has 0 rings (SSSR count). The fraction of sp³-hybridized carbons (Fsp3) is 1.00. The summed E-state index contributed by atoms with van der Waals surface area (Å²) in [6.07, 6.45) is 23.3. The van der Waals surface area contributed by atoms with Crippen molar-refractivity contribution < 1.29 is 0 Å². The Labute approximate surface area is 142 Å². The molecule has 0 aromatic carbocycles. The minimum absolute atomic E-state index is 1.03. The van der Waals surface area contributed by atoms with Gasteiger partial charge in [0.2, 0.25) is 0 Å². The van der Waals surface area contributed by atoms with Crippen LogP contribution in [0.3, 0.4) is 0 Å². The van der Waals surface area contributed by atoms with Gasteiger partial charge in [0.25, 0.3) is 0 Å². The summed E-state index contributed by atoms with van der Waals surface area (Å²) in [5.74, 6) is 2.06. The summed E-state index contributed by atoms with van der Waals surface area (Å²) < 4.78 is 0. The standard InChI is InChI=1S/C22H46/c1-5-9-13-17-21(16-12-8-4)20-22(18-14-10-6-2)19-15-11-7-3/h21-22H,5-20H2,1-4H3. The molecule has 0 bridgehead atoms. The van der Waals surface area contributed by atoms with Gasteiger partial charge in [-0.1, -0.05) is 124 Å². The van der Waals surface area contributed by atoms with Crippen LogP contribution in [0, 0.1) is 11.8 Å². The van der Waals surface area contributed by atoms with E-state index in [0.29, 0.717) is 0 Å². The number of unbranched alkanes of at least 4 members (excludes halogenated alkanes) is 7. The van der Waals surface area contributed by atoms with E-state index in [1.54, 1.807) is 0 Å². The molecule has 0 N–H and O–H groups in total. The van der Waals surface area contributed by atoms with Crippen LogP contribution in [-0.4, -0.2) is 0 Å². The van der Waals surface area contributed by atoms with Gasteiger partial charge in [-0.2, -0.15) is 0 Å². The van der Waals surface area contributed by atoms with Gasteiger partial charge in [-0.05, 0) is 18.3 Å². The lowest BCUT2D eigenvalue weighted by molar-refractivity contribution is 0.285. The molecule has 0 fully saturated rings. The minimum atomic E-state index is 1.03. The molecule has 0 aromatic rings. The van der Waals surface area contributed by atoms with Crippen molar-refractivity contribution >= 4 is 0 Å². The van der Waals surface area contributed by atoms with Crippen molar-refractivity contribution in [2.24, 2.45) is 11.8 Å². The van der Waals surface area contributed by atoms with Crippen LogP contribution >= 0.6 is 0 Å². The third kappa shape index (κ3) is 13.6. The predicted molar refractivity (Wildman–Crippen MR) is 104 cm³/mol. The van der Waals surface area contributed by atoms with Crippen LogP contribution in [0.1, 0.15) is 130 Å². The average Bonchev–Trinajstić information content (AvgIpc) is 2.52. The molecule has 0 aliphatic carbocycles. The van der Waals surface area contributed by atoms with Crippen molar-refractivity contribution in [1.29, 1.82) is 0 Å². The summed E-state index contributed by atoms with van der Waals surface area (Å²) in [7, 11) is 0. The van der Waals surface area contributed by atoms with Gasteiger partial charge < -0.3 is 0 Å². The highest BCUT2D eigenvalue weighted by molar-refractivity contribution is 4.68. The van der Waals surface area contributed by atoms with E-state index in [2.05, 4.69) is 27.7 Å². The summed E-state index contributed by atoms with van der Waals surface area (Å²) in [4.78, 5) is 0. The second-order valence-electron chi connectivity index (χ2n) is 7.60. The fourth-order valence-corrected chi connectivity index (χ4v) is 3.77. The molecule has 0 heterocycles. The van der Waals surface area contributed by atoms with Crippen molar-refractivity contribution in [3.63, 3.8) is 0 Å².